The number of rotatable bonds is 5. The van der Waals surface area contributed by atoms with Crippen LogP contribution in [0.3, 0.4) is 0 Å². The zero-order chi connectivity index (χ0) is 12.3. The van der Waals surface area contributed by atoms with Crippen LogP contribution in [0.2, 0.25) is 0 Å². The average molecular weight is 226 g/mol. The van der Waals surface area contributed by atoms with E-state index in [0.29, 0.717) is 12.4 Å². The van der Waals surface area contributed by atoms with Gasteiger partial charge in [-0.3, -0.25) is 4.79 Å². The largest absolute Gasteiger partial charge is 0.481 e. The molecule has 0 fully saturated rings. The second-order valence-corrected chi connectivity index (χ2v) is 4.28. The molecule has 1 N–H and O–H groups in total. The summed E-state index contributed by atoms with van der Waals surface area (Å²) < 4.78 is 5.00. The number of aromatic nitrogens is 1. The summed E-state index contributed by atoms with van der Waals surface area (Å²) >= 11 is 0. The molecule has 0 amide bonds. The van der Waals surface area contributed by atoms with Gasteiger partial charge in [0.05, 0.1) is 5.92 Å². The fourth-order valence-electron chi connectivity index (χ4n) is 1.43. The van der Waals surface area contributed by atoms with Crippen LogP contribution in [0.5, 0.6) is 0 Å². The summed E-state index contributed by atoms with van der Waals surface area (Å²) in [6.07, 6.45) is 0. The highest BCUT2D eigenvalue weighted by Gasteiger charge is 2.20. The minimum atomic E-state index is -0.800. The van der Waals surface area contributed by atoms with E-state index in [1.807, 2.05) is 31.7 Å². The monoisotopic (exact) mass is 226 g/mol. The van der Waals surface area contributed by atoms with E-state index in [-0.39, 0.29) is 6.04 Å². The van der Waals surface area contributed by atoms with Crippen LogP contribution in [-0.4, -0.2) is 28.8 Å². The Morgan fingerprint density at radius 2 is 2.19 bits per heavy atom. The van der Waals surface area contributed by atoms with Gasteiger partial charge in [-0.1, -0.05) is 12.1 Å². The molecule has 0 aliphatic rings. The van der Waals surface area contributed by atoms with Gasteiger partial charge in [-0.2, -0.15) is 0 Å². The number of carboxylic acids is 1. The molecule has 5 nitrogen and oxygen atoms in total. The highest BCUT2D eigenvalue weighted by molar-refractivity contribution is 5.70. The number of hydrogen-bond donors (Lipinski definition) is 1. The van der Waals surface area contributed by atoms with E-state index in [4.69, 9.17) is 9.63 Å². The molecule has 5 heteroatoms. The summed E-state index contributed by atoms with van der Waals surface area (Å²) in [6.45, 7) is 7.93. The molecule has 1 rings (SSSR count). The SMILES string of the molecule is Cc1cc(N(CC(C)C(=O)O)C(C)C)no1. The standard InChI is InChI=1S/C11H18N2O3/c1-7(2)13(6-8(3)11(14)15)10-5-9(4)16-12-10/h5,7-8H,6H2,1-4H3,(H,14,15). The summed E-state index contributed by atoms with van der Waals surface area (Å²) in [7, 11) is 0. The maximum atomic E-state index is 10.8. The molecule has 16 heavy (non-hydrogen) atoms. The van der Waals surface area contributed by atoms with Crippen LogP contribution in [0.25, 0.3) is 0 Å². The predicted octanol–water partition coefficient (Wildman–Crippen LogP) is 1.92. The van der Waals surface area contributed by atoms with Gasteiger partial charge in [0, 0.05) is 18.7 Å². The molecule has 0 aliphatic heterocycles. The van der Waals surface area contributed by atoms with Crippen molar-refractivity contribution in [3.05, 3.63) is 11.8 Å². The fourth-order valence-corrected chi connectivity index (χ4v) is 1.43. The van der Waals surface area contributed by atoms with Gasteiger partial charge in [-0.05, 0) is 20.8 Å². The predicted molar refractivity (Wildman–Crippen MR) is 60.5 cm³/mol. The minimum absolute atomic E-state index is 0.186. The van der Waals surface area contributed by atoms with Gasteiger partial charge in [0.1, 0.15) is 5.76 Å². The fraction of sp³-hybridized carbons (Fsp3) is 0.636. The van der Waals surface area contributed by atoms with Crippen LogP contribution in [-0.2, 0) is 4.79 Å². The summed E-state index contributed by atoms with van der Waals surface area (Å²) in [5.41, 5.74) is 0. The van der Waals surface area contributed by atoms with Crippen molar-refractivity contribution in [1.82, 2.24) is 5.16 Å². The van der Waals surface area contributed by atoms with Crippen LogP contribution in [0.4, 0.5) is 5.82 Å². The van der Waals surface area contributed by atoms with E-state index < -0.39 is 11.9 Å². The van der Waals surface area contributed by atoms with Crippen LogP contribution < -0.4 is 4.90 Å². The molecule has 1 aromatic heterocycles. The van der Waals surface area contributed by atoms with Gasteiger partial charge in [0.15, 0.2) is 5.82 Å². The molecular weight excluding hydrogens is 208 g/mol. The molecule has 0 radical (unpaired) electrons. The topological polar surface area (TPSA) is 66.6 Å². The Morgan fingerprint density at radius 3 is 2.56 bits per heavy atom. The van der Waals surface area contributed by atoms with E-state index >= 15 is 0 Å². The third-order valence-corrected chi connectivity index (χ3v) is 2.43. The Hall–Kier alpha value is -1.52. The number of aryl methyl sites for hydroxylation is 1. The zero-order valence-corrected chi connectivity index (χ0v) is 10.1. The lowest BCUT2D eigenvalue weighted by molar-refractivity contribution is -0.140. The molecule has 0 aliphatic carbocycles. The van der Waals surface area contributed by atoms with E-state index in [2.05, 4.69) is 5.16 Å². The van der Waals surface area contributed by atoms with Crippen molar-refractivity contribution in [2.75, 3.05) is 11.4 Å². The molecule has 1 unspecified atom stereocenters. The molecular formula is C11H18N2O3. The van der Waals surface area contributed by atoms with Crippen molar-refractivity contribution in [3.63, 3.8) is 0 Å². The lowest BCUT2D eigenvalue weighted by atomic mass is 10.1. The van der Waals surface area contributed by atoms with Crippen molar-refractivity contribution in [1.29, 1.82) is 0 Å². The van der Waals surface area contributed by atoms with Crippen LogP contribution in [0, 0.1) is 12.8 Å². The van der Waals surface area contributed by atoms with Crippen molar-refractivity contribution in [2.24, 2.45) is 5.92 Å². The first-order valence-corrected chi connectivity index (χ1v) is 5.34. The zero-order valence-electron chi connectivity index (χ0n) is 10.1. The van der Waals surface area contributed by atoms with Gasteiger partial charge in [-0.25, -0.2) is 0 Å². The Balaban J connectivity index is 2.80. The van der Waals surface area contributed by atoms with Gasteiger partial charge >= 0.3 is 5.97 Å². The Morgan fingerprint density at radius 1 is 1.56 bits per heavy atom. The lowest BCUT2D eigenvalue weighted by Crippen LogP contribution is -2.37. The number of carbonyl (C=O) groups is 1. The van der Waals surface area contributed by atoms with Crippen LogP contribution in [0.15, 0.2) is 10.6 Å². The van der Waals surface area contributed by atoms with Crippen molar-refractivity contribution >= 4 is 11.8 Å². The highest BCUT2D eigenvalue weighted by Crippen LogP contribution is 2.18. The van der Waals surface area contributed by atoms with Gasteiger partial charge in [-0.15, -0.1) is 0 Å². The first kappa shape index (κ1) is 12.5. The third kappa shape index (κ3) is 2.98. The molecule has 0 saturated carbocycles. The first-order chi connectivity index (χ1) is 7.41. The van der Waals surface area contributed by atoms with Gasteiger partial charge in [0.2, 0.25) is 0 Å². The molecule has 1 aromatic rings. The summed E-state index contributed by atoms with van der Waals surface area (Å²) in [5, 5.41) is 12.8. The number of carboxylic acid groups (broad SMARTS) is 1. The van der Waals surface area contributed by atoms with Gasteiger partial charge in [0.25, 0.3) is 0 Å². The Labute approximate surface area is 95.0 Å². The van der Waals surface area contributed by atoms with Crippen LogP contribution >= 0.6 is 0 Å². The molecule has 0 aromatic carbocycles. The third-order valence-electron chi connectivity index (χ3n) is 2.43. The van der Waals surface area contributed by atoms with E-state index in [1.165, 1.54) is 0 Å². The van der Waals surface area contributed by atoms with Crippen LogP contribution in [0.1, 0.15) is 26.5 Å². The number of hydrogen-bond acceptors (Lipinski definition) is 4. The number of aliphatic carboxylic acids is 1. The molecule has 90 valence electrons. The number of nitrogens with zero attached hydrogens (tertiary/aromatic N) is 2. The number of anilines is 1. The molecule has 1 atom stereocenters. The molecule has 0 bridgehead atoms. The highest BCUT2D eigenvalue weighted by atomic mass is 16.5. The first-order valence-electron chi connectivity index (χ1n) is 5.34. The smallest absolute Gasteiger partial charge is 0.308 e. The van der Waals surface area contributed by atoms with Crippen molar-refractivity contribution < 1.29 is 14.4 Å². The van der Waals surface area contributed by atoms with E-state index in [0.717, 1.165) is 5.76 Å². The summed E-state index contributed by atoms with van der Waals surface area (Å²) in [6, 6.07) is 2.00. The second kappa shape index (κ2) is 5.01. The maximum Gasteiger partial charge on any atom is 0.308 e. The van der Waals surface area contributed by atoms with Gasteiger partial charge < -0.3 is 14.5 Å². The quantitative estimate of drug-likeness (QED) is 0.830. The Kier molecular flexibility index (Phi) is 3.93. The molecule has 0 saturated heterocycles. The summed E-state index contributed by atoms with van der Waals surface area (Å²) in [5.74, 6) is 0.189. The Bertz CT molecular complexity index is 360. The van der Waals surface area contributed by atoms with Crippen molar-refractivity contribution in [2.45, 2.75) is 33.7 Å². The minimum Gasteiger partial charge on any atom is -0.481 e. The maximum absolute atomic E-state index is 10.8. The second-order valence-electron chi connectivity index (χ2n) is 4.28. The normalized spacial score (nSPS) is 12.8. The molecule has 1 heterocycles. The van der Waals surface area contributed by atoms with Crippen molar-refractivity contribution in [3.8, 4) is 0 Å². The molecule has 0 spiro atoms. The average Bonchev–Trinajstić information content (AvgIpc) is 2.59. The summed E-state index contributed by atoms with van der Waals surface area (Å²) in [4.78, 5) is 12.7. The lowest BCUT2D eigenvalue weighted by Gasteiger charge is -2.27. The van der Waals surface area contributed by atoms with E-state index in [1.54, 1.807) is 6.92 Å². The van der Waals surface area contributed by atoms with E-state index in [9.17, 15) is 4.79 Å².